The van der Waals surface area contributed by atoms with Crippen molar-refractivity contribution in [3.8, 4) is 35.5 Å². The molecule has 0 amide bonds. The maximum Gasteiger partial charge on any atom is -0.00316 e. The molecule has 0 aromatic heterocycles. The standard InChI is InChI=1S/C14H10/c1-3-5-7-9-11-13-14-12-10-8-6-4-2/h3-4,9-12H,1-2H2/b11-9+,12-10+. The first-order valence-electron chi connectivity index (χ1n) is 3.97. The van der Waals surface area contributed by atoms with Crippen LogP contribution in [0, 0.1) is 35.5 Å². The van der Waals surface area contributed by atoms with E-state index in [0.29, 0.717) is 0 Å². The van der Waals surface area contributed by atoms with E-state index in [0.717, 1.165) is 0 Å². The Bertz CT molecular complexity index is 372. The summed E-state index contributed by atoms with van der Waals surface area (Å²) in [6.45, 7) is 6.92. The predicted octanol–water partition coefficient (Wildman–Crippen LogP) is 2.48. The summed E-state index contributed by atoms with van der Waals surface area (Å²) in [7, 11) is 0. The van der Waals surface area contributed by atoms with Gasteiger partial charge in [0.2, 0.25) is 0 Å². The van der Waals surface area contributed by atoms with E-state index in [1.165, 1.54) is 12.2 Å². The van der Waals surface area contributed by atoms with Gasteiger partial charge in [-0.05, 0) is 36.5 Å². The van der Waals surface area contributed by atoms with Crippen molar-refractivity contribution in [3.05, 3.63) is 49.6 Å². The molecule has 0 nitrogen and oxygen atoms in total. The van der Waals surface area contributed by atoms with Crippen LogP contribution in [0.5, 0.6) is 0 Å². The van der Waals surface area contributed by atoms with Gasteiger partial charge in [-0.3, -0.25) is 0 Å². The Balaban J connectivity index is 3.95. The molecule has 0 aromatic rings. The highest BCUT2D eigenvalue weighted by Crippen LogP contribution is 1.70. The van der Waals surface area contributed by atoms with E-state index in [1.807, 2.05) is 0 Å². The van der Waals surface area contributed by atoms with Gasteiger partial charge in [0.1, 0.15) is 0 Å². The minimum atomic E-state index is 1.53. The topological polar surface area (TPSA) is 0 Å². The van der Waals surface area contributed by atoms with E-state index in [-0.39, 0.29) is 0 Å². The molecule has 66 valence electrons. The second-order valence-electron chi connectivity index (χ2n) is 1.94. The first-order valence-corrected chi connectivity index (χ1v) is 3.97. The van der Waals surface area contributed by atoms with Crippen LogP contribution < -0.4 is 0 Å². The Morgan fingerprint density at radius 1 is 0.500 bits per heavy atom. The fourth-order valence-electron chi connectivity index (χ4n) is 0.477. The molecule has 0 fully saturated rings. The highest BCUT2D eigenvalue weighted by Gasteiger charge is 1.58. The Labute approximate surface area is 85.7 Å². The molecule has 0 radical (unpaired) electrons. The molecule has 0 spiro atoms. The Hall–Kier alpha value is -2.36. The third-order valence-corrected chi connectivity index (χ3v) is 0.954. The first-order chi connectivity index (χ1) is 6.91. The zero-order valence-electron chi connectivity index (χ0n) is 7.88. The van der Waals surface area contributed by atoms with Gasteiger partial charge in [0.05, 0.1) is 0 Å². The van der Waals surface area contributed by atoms with Gasteiger partial charge in [-0.2, -0.15) is 0 Å². The third-order valence-electron chi connectivity index (χ3n) is 0.954. The quantitative estimate of drug-likeness (QED) is 0.500. The lowest BCUT2D eigenvalue weighted by Crippen LogP contribution is -1.53. The van der Waals surface area contributed by atoms with Gasteiger partial charge in [0.25, 0.3) is 0 Å². The van der Waals surface area contributed by atoms with Gasteiger partial charge >= 0.3 is 0 Å². The van der Waals surface area contributed by atoms with Gasteiger partial charge in [0, 0.05) is 0 Å². The van der Waals surface area contributed by atoms with Crippen molar-refractivity contribution in [2.75, 3.05) is 0 Å². The van der Waals surface area contributed by atoms with E-state index in [2.05, 4.69) is 48.7 Å². The number of hydrogen-bond acceptors (Lipinski definition) is 0. The lowest BCUT2D eigenvalue weighted by molar-refractivity contribution is 2.06. The van der Waals surface area contributed by atoms with Gasteiger partial charge in [0.15, 0.2) is 0 Å². The van der Waals surface area contributed by atoms with Crippen LogP contribution in [0.15, 0.2) is 49.6 Å². The molecule has 14 heavy (non-hydrogen) atoms. The highest BCUT2D eigenvalue weighted by molar-refractivity contribution is 5.32. The molecule has 0 atom stereocenters. The molecule has 0 aromatic carbocycles. The van der Waals surface area contributed by atoms with Gasteiger partial charge in [-0.15, -0.1) is 0 Å². The normalized spacial score (nSPS) is 7.71. The molecule has 0 bridgehead atoms. The SMILES string of the molecule is C=CC#C/C=C/C#C/C=C/C#CC=C. The average molecular weight is 178 g/mol. The summed E-state index contributed by atoms with van der Waals surface area (Å²) >= 11 is 0. The Kier molecular flexibility index (Phi) is 8.85. The smallest absolute Gasteiger partial charge is 0.00316 e. The molecule has 0 N–H and O–H groups in total. The molecule has 0 rings (SSSR count). The molecule has 0 aliphatic rings. The molecule has 0 saturated heterocycles. The fourth-order valence-corrected chi connectivity index (χ4v) is 0.477. The van der Waals surface area contributed by atoms with Crippen LogP contribution in [0.3, 0.4) is 0 Å². The molecular formula is C14H10. The van der Waals surface area contributed by atoms with Crippen LogP contribution in [0.25, 0.3) is 0 Å². The maximum atomic E-state index is 3.46. The number of allylic oxidation sites excluding steroid dienone is 6. The molecule has 0 aliphatic heterocycles. The van der Waals surface area contributed by atoms with Crippen molar-refractivity contribution in [1.29, 1.82) is 0 Å². The van der Waals surface area contributed by atoms with Crippen LogP contribution in [0.1, 0.15) is 0 Å². The van der Waals surface area contributed by atoms with Crippen LogP contribution in [-0.2, 0) is 0 Å². The average Bonchev–Trinajstić information content (AvgIpc) is 2.21. The molecule has 0 heterocycles. The highest BCUT2D eigenvalue weighted by atomic mass is 13.6. The number of hydrogen-bond donors (Lipinski definition) is 0. The third kappa shape index (κ3) is 9.64. The number of rotatable bonds is 0. The largest absolute Gasteiger partial charge is 0.0906 e. The van der Waals surface area contributed by atoms with Crippen LogP contribution in [-0.4, -0.2) is 0 Å². The molecule has 0 saturated carbocycles. The second-order valence-corrected chi connectivity index (χ2v) is 1.94. The molecular weight excluding hydrogens is 168 g/mol. The zero-order valence-corrected chi connectivity index (χ0v) is 7.88. The summed E-state index contributed by atoms with van der Waals surface area (Å²) in [6, 6.07) is 0. The van der Waals surface area contributed by atoms with Crippen molar-refractivity contribution < 1.29 is 0 Å². The van der Waals surface area contributed by atoms with Gasteiger partial charge in [-0.1, -0.05) is 48.7 Å². The lowest BCUT2D eigenvalue weighted by atomic mass is 10.4. The summed E-state index contributed by atoms with van der Waals surface area (Å²) in [5.41, 5.74) is 0. The minimum Gasteiger partial charge on any atom is -0.0906 e. The maximum absolute atomic E-state index is 3.46. The van der Waals surface area contributed by atoms with Gasteiger partial charge < -0.3 is 0 Å². The molecule has 0 unspecified atom stereocenters. The van der Waals surface area contributed by atoms with Crippen LogP contribution in [0.2, 0.25) is 0 Å². The Morgan fingerprint density at radius 2 is 0.786 bits per heavy atom. The van der Waals surface area contributed by atoms with E-state index < -0.39 is 0 Å². The Morgan fingerprint density at radius 3 is 1.07 bits per heavy atom. The van der Waals surface area contributed by atoms with Crippen LogP contribution in [0.4, 0.5) is 0 Å². The summed E-state index contributed by atoms with van der Waals surface area (Å²) < 4.78 is 0. The van der Waals surface area contributed by atoms with Crippen molar-refractivity contribution >= 4 is 0 Å². The first kappa shape index (κ1) is 11.6. The van der Waals surface area contributed by atoms with Gasteiger partial charge in [-0.25, -0.2) is 0 Å². The summed E-state index contributed by atoms with van der Waals surface area (Å²) in [5, 5.41) is 0. The van der Waals surface area contributed by atoms with E-state index >= 15 is 0 Å². The van der Waals surface area contributed by atoms with Crippen molar-refractivity contribution in [3.63, 3.8) is 0 Å². The minimum absolute atomic E-state index is 1.53. The second kappa shape index (κ2) is 10.6. The summed E-state index contributed by atoms with van der Waals surface area (Å²) in [4.78, 5) is 0. The summed E-state index contributed by atoms with van der Waals surface area (Å²) in [5.74, 6) is 16.4. The summed E-state index contributed by atoms with van der Waals surface area (Å²) in [6.07, 6.45) is 9.73. The lowest BCUT2D eigenvalue weighted by Gasteiger charge is -1.64. The zero-order chi connectivity index (χ0) is 10.5. The van der Waals surface area contributed by atoms with Crippen LogP contribution >= 0.6 is 0 Å². The monoisotopic (exact) mass is 178 g/mol. The van der Waals surface area contributed by atoms with E-state index in [1.54, 1.807) is 24.3 Å². The van der Waals surface area contributed by atoms with Crippen molar-refractivity contribution in [1.82, 2.24) is 0 Å². The molecule has 0 heteroatoms. The fraction of sp³-hybridized carbons (Fsp3) is 0. The van der Waals surface area contributed by atoms with Crippen molar-refractivity contribution in [2.45, 2.75) is 0 Å². The van der Waals surface area contributed by atoms with E-state index in [9.17, 15) is 0 Å². The van der Waals surface area contributed by atoms with Crippen molar-refractivity contribution in [2.24, 2.45) is 0 Å². The predicted molar refractivity (Wildman–Crippen MR) is 62.0 cm³/mol. The van der Waals surface area contributed by atoms with E-state index in [4.69, 9.17) is 0 Å². The molecule has 0 aliphatic carbocycles.